The fourth-order valence-electron chi connectivity index (χ4n) is 1.05. The van der Waals surface area contributed by atoms with Crippen LogP contribution in [0.4, 0.5) is 4.39 Å². The largest absolute Gasteiger partial charge is 0.258 e. The van der Waals surface area contributed by atoms with Crippen LogP contribution in [0.25, 0.3) is 0 Å². The van der Waals surface area contributed by atoms with Crippen LogP contribution < -0.4 is 5.14 Å². The molecule has 1 aromatic rings. The van der Waals surface area contributed by atoms with E-state index in [1.807, 2.05) is 0 Å². The van der Waals surface area contributed by atoms with Gasteiger partial charge in [0.2, 0.25) is 5.03 Å². The van der Waals surface area contributed by atoms with E-state index in [1.165, 1.54) is 0 Å². The number of hydrogen-bond acceptors (Lipinski definition) is 3. The van der Waals surface area contributed by atoms with Gasteiger partial charge in [0, 0.05) is 0 Å². The third-order valence-electron chi connectivity index (χ3n) is 1.59. The molecule has 0 saturated heterocycles. The van der Waals surface area contributed by atoms with Gasteiger partial charge in [-0.15, -0.1) is 0 Å². The molecule has 0 saturated carbocycles. The van der Waals surface area contributed by atoms with Crippen LogP contribution >= 0.6 is 0 Å². The molecule has 0 aromatic carbocycles. The SMILES string of the molecule is CC(C)(C)n1ncc(F)c1S(N)(=O)=O. The lowest BCUT2D eigenvalue weighted by molar-refractivity contribution is 0.320. The number of primary sulfonamides is 1. The van der Waals surface area contributed by atoms with Gasteiger partial charge in [0.05, 0.1) is 11.7 Å². The topological polar surface area (TPSA) is 78.0 Å². The van der Waals surface area contributed by atoms with Crippen molar-refractivity contribution in [1.29, 1.82) is 0 Å². The Kier molecular flexibility index (Phi) is 2.41. The molecule has 80 valence electrons. The summed E-state index contributed by atoms with van der Waals surface area (Å²) in [5.41, 5.74) is -0.633. The van der Waals surface area contributed by atoms with Gasteiger partial charge in [0.15, 0.2) is 5.82 Å². The Labute approximate surface area is 81.8 Å². The molecule has 1 rings (SSSR count). The zero-order valence-electron chi connectivity index (χ0n) is 8.15. The quantitative estimate of drug-likeness (QED) is 0.746. The maximum Gasteiger partial charge on any atom is 0.258 e. The van der Waals surface area contributed by atoms with Crippen LogP contribution in [0.5, 0.6) is 0 Å². The second kappa shape index (κ2) is 3.03. The molecule has 0 aliphatic rings. The molecule has 0 bridgehead atoms. The molecule has 0 spiro atoms. The minimum Gasteiger partial charge on any atom is -0.245 e. The molecule has 1 aromatic heterocycles. The van der Waals surface area contributed by atoms with Gasteiger partial charge in [0.25, 0.3) is 10.0 Å². The first kappa shape index (κ1) is 11.1. The average Bonchev–Trinajstić information content (AvgIpc) is 2.27. The summed E-state index contributed by atoms with van der Waals surface area (Å²) in [7, 11) is -4.08. The summed E-state index contributed by atoms with van der Waals surface area (Å²) in [5, 5.41) is 7.93. The summed E-state index contributed by atoms with van der Waals surface area (Å²) in [6, 6.07) is 0. The van der Waals surface area contributed by atoms with Crippen LogP contribution in [0, 0.1) is 5.82 Å². The molecule has 1 heterocycles. The molecular formula is C7H12FN3O2S. The molecule has 0 atom stereocenters. The monoisotopic (exact) mass is 221 g/mol. The van der Waals surface area contributed by atoms with Crippen LogP contribution in [-0.2, 0) is 15.6 Å². The summed E-state index contributed by atoms with van der Waals surface area (Å²) in [4.78, 5) is 0. The zero-order chi connectivity index (χ0) is 11.1. The third-order valence-corrected chi connectivity index (χ3v) is 2.50. The van der Waals surface area contributed by atoms with E-state index in [9.17, 15) is 12.8 Å². The molecule has 0 unspecified atom stereocenters. The van der Waals surface area contributed by atoms with Gasteiger partial charge in [-0.2, -0.15) is 5.10 Å². The van der Waals surface area contributed by atoms with Crippen molar-refractivity contribution in [3.8, 4) is 0 Å². The molecule has 0 fully saturated rings. The van der Waals surface area contributed by atoms with Gasteiger partial charge < -0.3 is 0 Å². The molecule has 0 aliphatic carbocycles. The first-order valence-electron chi connectivity index (χ1n) is 3.91. The number of halogens is 1. The number of nitrogens with zero attached hydrogens (tertiary/aromatic N) is 2. The zero-order valence-corrected chi connectivity index (χ0v) is 8.97. The highest BCUT2D eigenvalue weighted by Crippen LogP contribution is 2.20. The molecule has 5 nitrogen and oxygen atoms in total. The normalized spacial score (nSPS) is 13.2. The lowest BCUT2D eigenvalue weighted by Crippen LogP contribution is -2.29. The lowest BCUT2D eigenvalue weighted by Gasteiger charge is -2.21. The van der Waals surface area contributed by atoms with Crippen LogP contribution in [-0.4, -0.2) is 18.2 Å². The summed E-state index contributed by atoms with van der Waals surface area (Å²) in [6.07, 6.45) is 0.838. The number of nitrogens with two attached hydrogens (primary N) is 1. The number of aromatic nitrogens is 2. The number of sulfonamides is 1. The summed E-state index contributed by atoms with van der Waals surface area (Å²) in [6.45, 7) is 5.11. The predicted molar refractivity (Wildman–Crippen MR) is 48.6 cm³/mol. The van der Waals surface area contributed by atoms with Gasteiger partial charge in [-0.05, 0) is 20.8 Å². The van der Waals surface area contributed by atoms with Crippen LogP contribution in [0.3, 0.4) is 0 Å². The van der Waals surface area contributed by atoms with E-state index in [4.69, 9.17) is 5.14 Å². The van der Waals surface area contributed by atoms with Gasteiger partial charge in [-0.3, -0.25) is 0 Å². The predicted octanol–water partition coefficient (Wildman–Crippen LogP) is 0.425. The van der Waals surface area contributed by atoms with Crippen molar-refractivity contribution in [2.45, 2.75) is 31.3 Å². The Hall–Kier alpha value is -0.950. The molecule has 0 radical (unpaired) electrons. The second-order valence-electron chi connectivity index (χ2n) is 3.93. The third kappa shape index (κ3) is 1.93. The maximum absolute atomic E-state index is 13.1. The van der Waals surface area contributed by atoms with Gasteiger partial charge in [-0.1, -0.05) is 0 Å². The van der Waals surface area contributed by atoms with Crippen molar-refractivity contribution >= 4 is 10.0 Å². The Bertz CT molecular complexity index is 444. The van der Waals surface area contributed by atoms with Crippen molar-refractivity contribution in [3.63, 3.8) is 0 Å². The second-order valence-corrected chi connectivity index (χ2v) is 5.40. The first-order valence-corrected chi connectivity index (χ1v) is 5.45. The molecule has 7 heteroatoms. The van der Waals surface area contributed by atoms with E-state index in [-0.39, 0.29) is 0 Å². The molecule has 2 N–H and O–H groups in total. The average molecular weight is 221 g/mol. The maximum atomic E-state index is 13.1. The minimum atomic E-state index is -4.08. The standard InChI is InChI=1S/C7H12FN3O2S/c1-7(2,3)11-6(14(9,12)13)5(8)4-10-11/h4H,1-3H3,(H2,9,12,13). The molecule has 0 amide bonds. The van der Waals surface area contributed by atoms with E-state index < -0.39 is 26.4 Å². The molecular weight excluding hydrogens is 209 g/mol. The van der Waals surface area contributed by atoms with Crippen LogP contribution in [0.1, 0.15) is 20.8 Å². The van der Waals surface area contributed by atoms with Crippen molar-refractivity contribution in [2.24, 2.45) is 5.14 Å². The first-order chi connectivity index (χ1) is 6.14. The summed E-state index contributed by atoms with van der Waals surface area (Å²) in [5.74, 6) is -0.928. The van der Waals surface area contributed by atoms with Gasteiger partial charge >= 0.3 is 0 Å². The minimum absolute atomic E-state index is 0.579. The van der Waals surface area contributed by atoms with Crippen molar-refractivity contribution in [2.75, 3.05) is 0 Å². The molecule has 14 heavy (non-hydrogen) atoms. The highest BCUT2D eigenvalue weighted by Gasteiger charge is 2.27. The number of hydrogen-bond donors (Lipinski definition) is 1. The fourth-order valence-corrected chi connectivity index (χ4v) is 1.94. The number of rotatable bonds is 1. The Morgan fingerprint density at radius 2 is 2.00 bits per heavy atom. The van der Waals surface area contributed by atoms with Crippen molar-refractivity contribution in [1.82, 2.24) is 9.78 Å². The summed E-state index contributed by atoms with van der Waals surface area (Å²) >= 11 is 0. The van der Waals surface area contributed by atoms with Crippen molar-refractivity contribution < 1.29 is 12.8 Å². The van der Waals surface area contributed by atoms with E-state index >= 15 is 0 Å². The van der Waals surface area contributed by atoms with Crippen molar-refractivity contribution in [3.05, 3.63) is 12.0 Å². The van der Waals surface area contributed by atoms with E-state index in [1.54, 1.807) is 20.8 Å². The van der Waals surface area contributed by atoms with Crippen LogP contribution in [0.15, 0.2) is 11.2 Å². The van der Waals surface area contributed by atoms with E-state index in [0.717, 1.165) is 10.9 Å². The van der Waals surface area contributed by atoms with Crippen LogP contribution in [0.2, 0.25) is 0 Å². The summed E-state index contributed by atoms with van der Waals surface area (Å²) < 4.78 is 36.3. The Balaban J connectivity index is 3.51. The van der Waals surface area contributed by atoms with E-state index in [2.05, 4.69) is 5.10 Å². The Morgan fingerprint density at radius 3 is 2.29 bits per heavy atom. The highest BCUT2D eigenvalue weighted by atomic mass is 32.2. The fraction of sp³-hybridized carbons (Fsp3) is 0.571. The Morgan fingerprint density at radius 1 is 1.50 bits per heavy atom. The van der Waals surface area contributed by atoms with Gasteiger partial charge in [0.1, 0.15) is 0 Å². The molecule has 0 aliphatic heterocycles. The van der Waals surface area contributed by atoms with Gasteiger partial charge in [-0.25, -0.2) is 22.6 Å². The highest BCUT2D eigenvalue weighted by molar-refractivity contribution is 7.89. The smallest absolute Gasteiger partial charge is 0.245 e. The lowest BCUT2D eigenvalue weighted by atomic mass is 10.1. The van der Waals surface area contributed by atoms with E-state index in [0.29, 0.717) is 0 Å².